The minimum absolute atomic E-state index is 0.224. The van der Waals surface area contributed by atoms with Crippen molar-refractivity contribution in [1.82, 2.24) is 9.55 Å². The van der Waals surface area contributed by atoms with Gasteiger partial charge in [0.2, 0.25) is 0 Å². The molecule has 2 rings (SSSR count). The highest BCUT2D eigenvalue weighted by molar-refractivity contribution is 6.35. The third-order valence-electron chi connectivity index (χ3n) is 2.96. The Kier molecular flexibility index (Phi) is 5.26. The second-order valence-corrected chi connectivity index (χ2v) is 5.07. The lowest BCUT2D eigenvalue weighted by Crippen LogP contribution is -2.11. The highest BCUT2D eigenvalue weighted by Crippen LogP contribution is 2.25. The summed E-state index contributed by atoms with van der Waals surface area (Å²) in [6.07, 6.45) is 0.926. The molecule has 0 amide bonds. The van der Waals surface area contributed by atoms with Crippen LogP contribution in [0.2, 0.25) is 5.02 Å². The SMILES string of the molecule is CCOC(=O)CCn1c(CCCl)nc2cccc(Cl)c21. The number of ether oxygens (including phenoxy) is 1. The van der Waals surface area contributed by atoms with E-state index in [1.807, 2.05) is 22.8 Å². The normalized spacial score (nSPS) is 10.9. The van der Waals surface area contributed by atoms with Crippen molar-refractivity contribution in [2.24, 2.45) is 0 Å². The van der Waals surface area contributed by atoms with Gasteiger partial charge in [0.1, 0.15) is 5.82 Å². The van der Waals surface area contributed by atoms with E-state index >= 15 is 0 Å². The Morgan fingerprint density at radius 3 is 2.95 bits per heavy atom. The Bertz CT molecular complexity index is 610. The Labute approximate surface area is 127 Å². The summed E-state index contributed by atoms with van der Waals surface area (Å²) in [6, 6.07) is 5.58. The molecule has 2 aromatic rings. The van der Waals surface area contributed by atoms with E-state index in [0.29, 0.717) is 36.9 Å². The molecule has 1 aromatic carbocycles. The van der Waals surface area contributed by atoms with Crippen molar-refractivity contribution >= 4 is 40.2 Å². The number of benzene rings is 1. The molecule has 0 bridgehead atoms. The number of rotatable bonds is 6. The average molecular weight is 315 g/mol. The van der Waals surface area contributed by atoms with Crippen LogP contribution in [-0.4, -0.2) is 28.0 Å². The van der Waals surface area contributed by atoms with Crippen molar-refractivity contribution in [2.45, 2.75) is 26.3 Å². The standard InChI is InChI=1S/C14H16Cl2N2O2/c1-2-20-13(19)7-9-18-12(6-8-15)17-11-5-3-4-10(16)14(11)18/h3-5H,2,6-9H2,1H3. The van der Waals surface area contributed by atoms with Crippen molar-refractivity contribution in [2.75, 3.05) is 12.5 Å². The molecule has 0 unspecified atom stereocenters. The van der Waals surface area contributed by atoms with E-state index in [1.54, 1.807) is 6.92 Å². The number of para-hydroxylation sites is 1. The van der Waals surface area contributed by atoms with Crippen molar-refractivity contribution in [3.8, 4) is 0 Å². The maximum Gasteiger partial charge on any atom is 0.307 e. The fourth-order valence-electron chi connectivity index (χ4n) is 2.14. The van der Waals surface area contributed by atoms with E-state index in [-0.39, 0.29) is 5.97 Å². The molecule has 1 heterocycles. The smallest absolute Gasteiger partial charge is 0.307 e. The molecule has 0 radical (unpaired) electrons. The van der Waals surface area contributed by atoms with Gasteiger partial charge in [-0.1, -0.05) is 17.7 Å². The van der Waals surface area contributed by atoms with Crippen LogP contribution in [0.15, 0.2) is 18.2 Å². The second-order valence-electron chi connectivity index (χ2n) is 4.28. The number of aryl methyl sites for hydroxylation is 2. The lowest BCUT2D eigenvalue weighted by atomic mass is 10.3. The van der Waals surface area contributed by atoms with Crippen LogP contribution in [0.5, 0.6) is 0 Å². The van der Waals surface area contributed by atoms with E-state index < -0.39 is 0 Å². The van der Waals surface area contributed by atoms with Gasteiger partial charge in [-0.05, 0) is 19.1 Å². The largest absolute Gasteiger partial charge is 0.466 e. The molecule has 0 aliphatic rings. The predicted molar refractivity (Wildman–Crippen MR) is 80.4 cm³/mol. The highest BCUT2D eigenvalue weighted by atomic mass is 35.5. The van der Waals surface area contributed by atoms with Gasteiger partial charge in [-0.15, -0.1) is 11.6 Å². The van der Waals surface area contributed by atoms with Gasteiger partial charge in [0, 0.05) is 18.8 Å². The van der Waals surface area contributed by atoms with Crippen LogP contribution >= 0.6 is 23.2 Å². The summed E-state index contributed by atoms with van der Waals surface area (Å²) in [4.78, 5) is 16.0. The Balaban J connectivity index is 2.33. The summed E-state index contributed by atoms with van der Waals surface area (Å²) in [5.74, 6) is 1.09. The first kappa shape index (κ1) is 15.1. The molecule has 0 aliphatic carbocycles. The fraction of sp³-hybridized carbons (Fsp3) is 0.429. The number of nitrogens with zero attached hydrogens (tertiary/aromatic N) is 2. The summed E-state index contributed by atoms with van der Waals surface area (Å²) in [5, 5.41) is 0.625. The van der Waals surface area contributed by atoms with E-state index in [2.05, 4.69) is 4.98 Å². The summed E-state index contributed by atoms with van der Waals surface area (Å²) in [6.45, 7) is 2.67. The van der Waals surface area contributed by atoms with Crippen LogP contribution in [-0.2, 0) is 22.5 Å². The zero-order valence-corrected chi connectivity index (χ0v) is 12.7. The molecule has 0 atom stereocenters. The number of hydrogen-bond acceptors (Lipinski definition) is 3. The lowest BCUT2D eigenvalue weighted by Gasteiger charge is -2.09. The first-order chi connectivity index (χ1) is 9.67. The van der Waals surface area contributed by atoms with Gasteiger partial charge in [-0.2, -0.15) is 0 Å². The van der Waals surface area contributed by atoms with Crippen LogP contribution in [0, 0.1) is 0 Å². The van der Waals surface area contributed by atoms with Crippen molar-refractivity contribution in [3.63, 3.8) is 0 Å². The molecule has 4 nitrogen and oxygen atoms in total. The van der Waals surface area contributed by atoms with E-state index in [9.17, 15) is 4.79 Å². The minimum atomic E-state index is -0.224. The number of carbonyl (C=O) groups excluding carboxylic acids is 1. The number of aromatic nitrogens is 2. The Morgan fingerprint density at radius 2 is 2.25 bits per heavy atom. The van der Waals surface area contributed by atoms with E-state index in [0.717, 1.165) is 16.9 Å². The highest BCUT2D eigenvalue weighted by Gasteiger charge is 2.14. The summed E-state index contributed by atoms with van der Waals surface area (Å²) >= 11 is 12.1. The van der Waals surface area contributed by atoms with Gasteiger partial charge in [-0.25, -0.2) is 4.98 Å². The molecule has 0 aliphatic heterocycles. The van der Waals surface area contributed by atoms with Crippen LogP contribution in [0.4, 0.5) is 0 Å². The van der Waals surface area contributed by atoms with Crippen LogP contribution in [0.1, 0.15) is 19.2 Å². The summed E-state index contributed by atoms with van der Waals surface area (Å²) in [7, 11) is 0. The van der Waals surface area contributed by atoms with Crippen molar-refractivity contribution in [1.29, 1.82) is 0 Å². The lowest BCUT2D eigenvalue weighted by molar-refractivity contribution is -0.143. The number of alkyl halides is 1. The maximum atomic E-state index is 11.5. The molecule has 6 heteroatoms. The first-order valence-corrected chi connectivity index (χ1v) is 7.43. The zero-order valence-electron chi connectivity index (χ0n) is 11.2. The van der Waals surface area contributed by atoms with Gasteiger partial charge in [0.25, 0.3) is 0 Å². The van der Waals surface area contributed by atoms with Crippen LogP contribution < -0.4 is 0 Å². The van der Waals surface area contributed by atoms with E-state index in [4.69, 9.17) is 27.9 Å². The molecule has 0 N–H and O–H groups in total. The number of esters is 1. The number of fused-ring (bicyclic) bond motifs is 1. The topological polar surface area (TPSA) is 44.1 Å². The molecular weight excluding hydrogens is 299 g/mol. The van der Waals surface area contributed by atoms with Gasteiger partial charge >= 0.3 is 5.97 Å². The average Bonchev–Trinajstić information content (AvgIpc) is 2.76. The Morgan fingerprint density at radius 1 is 1.45 bits per heavy atom. The molecule has 1 aromatic heterocycles. The first-order valence-electron chi connectivity index (χ1n) is 6.52. The number of hydrogen-bond donors (Lipinski definition) is 0. The molecular formula is C14H16Cl2N2O2. The molecule has 0 fully saturated rings. The maximum absolute atomic E-state index is 11.5. The van der Waals surface area contributed by atoms with E-state index in [1.165, 1.54) is 0 Å². The summed E-state index contributed by atoms with van der Waals surface area (Å²) < 4.78 is 6.91. The van der Waals surface area contributed by atoms with Gasteiger partial charge in [-0.3, -0.25) is 4.79 Å². The summed E-state index contributed by atoms with van der Waals surface area (Å²) in [5.41, 5.74) is 1.67. The molecule has 108 valence electrons. The molecule has 20 heavy (non-hydrogen) atoms. The van der Waals surface area contributed by atoms with Crippen LogP contribution in [0.25, 0.3) is 11.0 Å². The van der Waals surface area contributed by atoms with Crippen LogP contribution in [0.3, 0.4) is 0 Å². The third kappa shape index (κ3) is 3.25. The molecule has 0 spiro atoms. The number of imidazole rings is 1. The van der Waals surface area contributed by atoms with Gasteiger partial charge in [0.15, 0.2) is 0 Å². The predicted octanol–water partition coefficient (Wildman–Crippen LogP) is 3.42. The minimum Gasteiger partial charge on any atom is -0.466 e. The number of halogens is 2. The fourth-order valence-corrected chi connectivity index (χ4v) is 2.58. The quantitative estimate of drug-likeness (QED) is 0.606. The van der Waals surface area contributed by atoms with Crippen molar-refractivity contribution in [3.05, 3.63) is 29.0 Å². The van der Waals surface area contributed by atoms with Crippen molar-refractivity contribution < 1.29 is 9.53 Å². The molecule has 0 saturated carbocycles. The monoisotopic (exact) mass is 314 g/mol. The Hall–Kier alpha value is -1.26. The molecule has 0 saturated heterocycles. The zero-order chi connectivity index (χ0) is 14.5. The van der Waals surface area contributed by atoms with Gasteiger partial charge < -0.3 is 9.30 Å². The number of carbonyl (C=O) groups is 1. The second kappa shape index (κ2) is 6.95. The third-order valence-corrected chi connectivity index (χ3v) is 3.45. The van der Waals surface area contributed by atoms with Gasteiger partial charge in [0.05, 0.1) is 29.1 Å².